The topological polar surface area (TPSA) is 114 Å². The first-order valence-electron chi connectivity index (χ1n) is 11.2. The quantitative estimate of drug-likeness (QED) is 0.199. The second-order valence-corrected chi connectivity index (χ2v) is 8.03. The molecule has 0 aromatic heterocycles. The van der Waals surface area contributed by atoms with Crippen LogP contribution in [0, 0.1) is 40.9 Å². The fourth-order valence-corrected chi connectivity index (χ4v) is 3.27. The fraction of sp³-hybridized carbons (Fsp3) is 0.524. The first kappa shape index (κ1) is 23.9. The minimum absolute atomic E-state index is 0.0112. The molecule has 1 fully saturated rings. The Morgan fingerprint density at radius 1 is 1.12 bits per heavy atom. The monoisotopic (exact) mass is 495 g/mol. The average Bonchev–Trinajstić information content (AvgIpc) is 3.18. The Morgan fingerprint density at radius 2 is 1.71 bits per heavy atom. The Kier molecular flexibility index (Phi) is 8.26. The highest BCUT2D eigenvalue weighted by Crippen LogP contribution is 2.23. The van der Waals surface area contributed by atoms with E-state index in [2.05, 4.69) is 15.4 Å². The van der Waals surface area contributed by atoms with Crippen LogP contribution >= 0.6 is 0 Å². The molecule has 1 saturated heterocycles. The van der Waals surface area contributed by atoms with Crippen molar-refractivity contribution in [3.8, 4) is 0 Å². The highest BCUT2D eigenvalue weighted by molar-refractivity contribution is 5.88. The number of ether oxygens (including phenoxy) is 1. The molecule has 0 saturated carbocycles. The molecule has 1 aliphatic heterocycles. The van der Waals surface area contributed by atoms with Crippen LogP contribution in [0.1, 0.15) is 41.4 Å². The molecule has 13 heteroatoms. The van der Waals surface area contributed by atoms with Crippen molar-refractivity contribution < 1.29 is 48.6 Å². The molecule has 0 spiro atoms. The van der Waals surface area contributed by atoms with E-state index < -0.39 is 71.2 Å². The molecular formula is C21H24F5N3O5. The largest absolute Gasteiger partial charge is 0.444 e. The Balaban J connectivity index is 2.17. The lowest BCUT2D eigenvalue weighted by atomic mass is 9.98. The van der Waals surface area contributed by atoms with Gasteiger partial charge in [0.05, 0.1) is 14.3 Å². The maximum atomic E-state index is 14.0. The molecule has 0 unspecified atom stereocenters. The molecule has 3 amide bonds. The van der Waals surface area contributed by atoms with E-state index in [1.807, 2.05) is 5.32 Å². The van der Waals surface area contributed by atoms with Gasteiger partial charge in [-0.2, -0.15) is 0 Å². The van der Waals surface area contributed by atoms with Crippen LogP contribution in [0.2, 0.25) is 0 Å². The number of rotatable bonds is 10. The van der Waals surface area contributed by atoms with Gasteiger partial charge in [0.2, 0.25) is 17.6 Å². The molecule has 188 valence electrons. The lowest BCUT2D eigenvalue weighted by Crippen LogP contribution is -2.51. The Bertz CT molecular complexity index is 1010. The normalized spacial score (nSPS) is 18.5. The molecular weight excluding hydrogens is 469 g/mol. The third-order valence-corrected chi connectivity index (χ3v) is 4.96. The van der Waals surface area contributed by atoms with E-state index in [1.165, 1.54) is 0 Å². The molecule has 2 rings (SSSR count). The van der Waals surface area contributed by atoms with Crippen LogP contribution in [0.4, 0.5) is 26.7 Å². The predicted octanol–water partition coefficient (Wildman–Crippen LogP) is 2.23. The summed E-state index contributed by atoms with van der Waals surface area (Å²) >= 11 is 0. The number of hydrogen-bond acceptors (Lipinski definition) is 5. The molecule has 34 heavy (non-hydrogen) atoms. The predicted molar refractivity (Wildman–Crippen MR) is 107 cm³/mol. The third-order valence-electron chi connectivity index (χ3n) is 4.96. The van der Waals surface area contributed by atoms with Gasteiger partial charge in [0.15, 0.2) is 23.3 Å². The number of hydrogen-bond donors (Lipinski definition) is 3. The van der Waals surface area contributed by atoms with E-state index in [4.69, 9.17) is 2.74 Å². The highest BCUT2D eigenvalue weighted by atomic mass is 19.2. The van der Waals surface area contributed by atoms with Gasteiger partial charge < -0.3 is 25.5 Å². The number of carbonyl (C=O) groups is 4. The van der Waals surface area contributed by atoms with Crippen molar-refractivity contribution >= 4 is 24.2 Å². The zero-order valence-electron chi connectivity index (χ0n) is 20.1. The average molecular weight is 495 g/mol. The molecule has 3 atom stereocenters. The summed E-state index contributed by atoms with van der Waals surface area (Å²) < 4.78 is 87.6. The van der Waals surface area contributed by atoms with E-state index >= 15 is 0 Å². The highest BCUT2D eigenvalue weighted by Gasteiger charge is 2.31. The van der Waals surface area contributed by atoms with Gasteiger partial charge in [0.25, 0.3) is 0 Å². The van der Waals surface area contributed by atoms with Gasteiger partial charge in [-0.3, -0.25) is 9.59 Å². The molecule has 1 aliphatic rings. The summed E-state index contributed by atoms with van der Waals surface area (Å²) in [5.41, 5.74) is -2.03. The molecule has 0 aliphatic carbocycles. The van der Waals surface area contributed by atoms with E-state index in [0.717, 1.165) is 0 Å². The molecule has 1 aromatic rings. The minimum atomic E-state index is -3.83. The van der Waals surface area contributed by atoms with Crippen molar-refractivity contribution in [1.82, 2.24) is 16.0 Å². The number of alkyl carbamates (subject to hydrolysis) is 1. The summed E-state index contributed by atoms with van der Waals surface area (Å²) in [7, 11) is 0. The van der Waals surface area contributed by atoms with Crippen LogP contribution in [-0.2, 0) is 25.7 Å². The number of amides is 3. The fourth-order valence-electron chi connectivity index (χ4n) is 3.27. The van der Waals surface area contributed by atoms with Gasteiger partial charge in [0.1, 0.15) is 18.9 Å². The van der Waals surface area contributed by atoms with E-state index in [9.17, 15) is 41.1 Å². The maximum absolute atomic E-state index is 14.0. The molecule has 8 nitrogen and oxygen atoms in total. The van der Waals surface area contributed by atoms with Gasteiger partial charge in [-0.25, -0.2) is 26.7 Å². The second kappa shape index (κ2) is 11.7. The van der Waals surface area contributed by atoms with E-state index in [0.29, 0.717) is 19.3 Å². The molecule has 3 N–H and O–H groups in total. The van der Waals surface area contributed by atoms with Crippen LogP contribution in [-0.4, -0.2) is 42.8 Å². The summed E-state index contributed by atoms with van der Waals surface area (Å²) in [6, 6.07) is -2.54. The van der Waals surface area contributed by atoms with Crippen molar-refractivity contribution in [3.63, 3.8) is 0 Å². The number of nitrogens with one attached hydrogen (secondary N) is 3. The summed E-state index contributed by atoms with van der Waals surface area (Å²) in [5, 5.41) is 6.90. The summed E-state index contributed by atoms with van der Waals surface area (Å²) in [5.74, 6) is -14.4. The van der Waals surface area contributed by atoms with Gasteiger partial charge in [-0.1, -0.05) is 13.8 Å². The number of benzene rings is 1. The SMILES string of the molecule is [2H]C([2H])(OC(=O)N[C@@H](CC(C)C)C(=O)N[C@H](C=O)C[C@@H]1CCNC1=O)c1c(F)c(F)c(F)c(F)c1F. The molecule has 0 radical (unpaired) electrons. The van der Waals surface area contributed by atoms with Crippen molar-refractivity contribution in [3.05, 3.63) is 34.6 Å². The maximum Gasteiger partial charge on any atom is 0.408 e. The number of carbonyl (C=O) groups excluding carboxylic acids is 4. The van der Waals surface area contributed by atoms with Crippen LogP contribution in [0.25, 0.3) is 0 Å². The van der Waals surface area contributed by atoms with Crippen molar-refractivity contribution in [2.45, 2.75) is 51.8 Å². The zero-order valence-corrected chi connectivity index (χ0v) is 18.1. The van der Waals surface area contributed by atoms with Crippen molar-refractivity contribution in [1.29, 1.82) is 0 Å². The lowest BCUT2D eigenvalue weighted by molar-refractivity contribution is -0.127. The molecule has 1 heterocycles. The summed E-state index contributed by atoms with van der Waals surface area (Å²) in [4.78, 5) is 48.1. The van der Waals surface area contributed by atoms with Crippen LogP contribution in [0.15, 0.2) is 0 Å². The summed E-state index contributed by atoms with van der Waals surface area (Å²) in [6.07, 6.45) is -0.977. The minimum Gasteiger partial charge on any atom is -0.444 e. The Labute approximate surface area is 194 Å². The van der Waals surface area contributed by atoms with Crippen molar-refractivity contribution in [2.75, 3.05) is 6.54 Å². The number of aldehydes is 1. The Hall–Kier alpha value is -3.25. The zero-order chi connectivity index (χ0) is 27.4. The smallest absolute Gasteiger partial charge is 0.408 e. The summed E-state index contributed by atoms with van der Waals surface area (Å²) in [6.45, 7) is -0.103. The lowest BCUT2D eigenvalue weighted by Gasteiger charge is -2.23. The third kappa shape index (κ3) is 6.64. The van der Waals surface area contributed by atoms with Gasteiger partial charge in [-0.15, -0.1) is 0 Å². The van der Waals surface area contributed by atoms with Crippen molar-refractivity contribution in [2.24, 2.45) is 11.8 Å². The van der Waals surface area contributed by atoms with Crippen LogP contribution in [0.3, 0.4) is 0 Å². The van der Waals surface area contributed by atoms with Gasteiger partial charge in [0, 0.05) is 12.5 Å². The first-order valence-corrected chi connectivity index (χ1v) is 10.2. The van der Waals surface area contributed by atoms with Crippen LogP contribution in [0.5, 0.6) is 0 Å². The van der Waals surface area contributed by atoms with Crippen LogP contribution < -0.4 is 16.0 Å². The standard InChI is InChI=1S/C21H24F5N3O5/c1-9(2)5-13(20(32)28-11(7-30)6-10-3-4-27-19(10)31)29-21(33)34-8-12-14(22)16(24)18(26)17(25)15(12)23/h7,9-11,13H,3-6,8H2,1-2H3,(H,27,31)(H,28,32)(H,29,33)/t10-,11-,13-/m0/s1/i8D2. The van der Waals surface area contributed by atoms with E-state index in [-0.39, 0.29) is 24.7 Å². The second-order valence-electron chi connectivity index (χ2n) is 8.03. The molecule has 1 aromatic carbocycles. The molecule has 0 bridgehead atoms. The first-order chi connectivity index (χ1) is 16.7. The van der Waals surface area contributed by atoms with Gasteiger partial charge >= 0.3 is 6.09 Å². The van der Waals surface area contributed by atoms with Gasteiger partial charge in [-0.05, 0) is 25.2 Å². The Morgan fingerprint density at radius 3 is 2.21 bits per heavy atom. The van der Waals surface area contributed by atoms with E-state index in [1.54, 1.807) is 13.8 Å². The number of halogens is 5.